The Hall–Kier alpha value is -0.950. The summed E-state index contributed by atoms with van der Waals surface area (Å²) in [6.07, 6.45) is 0.551. The second kappa shape index (κ2) is 9.67. The summed E-state index contributed by atoms with van der Waals surface area (Å²) in [6, 6.07) is 7.28. The van der Waals surface area contributed by atoms with Gasteiger partial charge in [0.15, 0.2) is 0 Å². The summed E-state index contributed by atoms with van der Waals surface area (Å²) >= 11 is 7.85. The first kappa shape index (κ1) is 20.4. The molecule has 0 spiro atoms. The number of rotatable bonds is 3. The van der Waals surface area contributed by atoms with E-state index < -0.39 is 0 Å². The molecule has 1 aromatic carbocycles. The zero-order valence-corrected chi connectivity index (χ0v) is 16.3. The highest BCUT2D eigenvalue weighted by atomic mass is 35.5. The first-order chi connectivity index (χ1) is 11.6. The third kappa shape index (κ3) is 5.51. The summed E-state index contributed by atoms with van der Waals surface area (Å²) in [5, 5.41) is 3.96. The van der Waals surface area contributed by atoms with Crippen LogP contribution in [0.1, 0.15) is 16.8 Å². The van der Waals surface area contributed by atoms with Crippen molar-refractivity contribution in [2.45, 2.75) is 12.5 Å². The van der Waals surface area contributed by atoms with Gasteiger partial charge in [-0.05, 0) is 18.2 Å². The van der Waals surface area contributed by atoms with E-state index in [0.29, 0.717) is 43.2 Å². The van der Waals surface area contributed by atoms with Gasteiger partial charge < -0.3 is 15.1 Å². The lowest BCUT2D eigenvalue weighted by Gasteiger charge is -2.36. The van der Waals surface area contributed by atoms with E-state index in [4.69, 9.17) is 11.6 Å². The summed E-state index contributed by atoms with van der Waals surface area (Å²) in [6.45, 7) is 3.33. The molecule has 0 bridgehead atoms. The molecule has 1 atom stereocenters. The number of amides is 2. The van der Waals surface area contributed by atoms with Crippen LogP contribution in [-0.2, 0) is 4.79 Å². The van der Waals surface area contributed by atoms with E-state index in [0.717, 1.165) is 18.1 Å². The molecule has 5 nitrogen and oxygen atoms in total. The smallest absolute Gasteiger partial charge is 0.254 e. The van der Waals surface area contributed by atoms with Gasteiger partial charge in [-0.3, -0.25) is 9.59 Å². The number of hydrogen-bond donors (Lipinski definition) is 1. The predicted octanol–water partition coefficient (Wildman–Crippen LogP) is 2.14. The standard InChI is InChI=1S/C17H22ClN3O2S.ClH/c18-14-3-1-2-13(10-14)17(23)21-7-5-20(6-8-21)16(22)11-15-12-24-9-4-19-15;/h1-3,10,15,19H,4-9,11-12H2;1H. The van der Waals surface area contributed by atoms with Gasteiger partial charge in [0.1, 0.15) is 0 Å². The molecule has 1 unspecified atom stereocenters. The fourth-order valence-electron chi connectivity index (χ4n) is 3.05. The first-order valence-corrected chi connectivity index (χ1v) is 9.80. The van der Waals surface area contributed by atoms with E-state index in [1.807, 2.05) is 16.7 Å². The Morgan fingerprint density at radius 1 is 1.20 bits per heavy atom. The first-order valence-electron chi connectivity index (χ1n) is 8.27. The minimum atomic E-state index is -0.0186. The van der Waals surface area contributed by atoms with Gasteiger partial charge in [0.05, 0.1) is 0 Å². The zero-order chi connectivity index (χ0) is 16.9. The maximum atomic E-state index is 12.5. The third-order valence-corrected chi connectivity index (χ3v) is 5.78. The van der Waals surface area contributed by atoms with Crippen molar-refractivity contribution < 1.29 is 9.59 Å². The molecule has 2 amide bonds. The maximum absolute atomic E-state index is 12.5. The molecule has 0 radical (unpaired) electrons. The number of halogens is 2. The fourth-order valence-corrected chi connectivity index (χ4v) is 4.19. The molecule has 3 rings (SSSR count). The number of hydrogen-bond acceptors (Lipinski definition) is 4. The Labute approximate surface area is 163 Å². The molecule has 8 heteroatoms. The Kier molecular flexibility index (Phi) is 7.87. The number of carbonyl (C=O) groups excluding carboxylic acids is 2. The molecule has 2 fully saturated rings. The molecule has 0 saturated carbocycles. The van der Waals surface area contributed by atoms with Crippen LogP contribution in [0.15, 0.2) is 24.3 Å². The van der Waals surface area contributed by atoms with Crippen LogP contribution in [0.2, 0.25) is 5.02 Å². The lowest BCUT2D eigenvalue weighted by molar-refractivity contribution is -0.133. The minimum Gasteiger partial charge on any atom is -0.339 e. The van der Waals surface area contributed by atoms with Crippen molar-refractivity contribution in [1.29, 1.82) is 0 Å². The molecule has 0 aromatic heterocycles. The van der Waals surface area contributed by atoms with Crippen LogP contribution in [0, 0.1) is 0 Å². The van der Waals surface area contributed by atoms with Crippen molar-refractivity contribution in [3.63, 3.8) is 0 Å². The lowest BCUT2D eigenvalue weighted by atomic mass is 10.1. The van der Waals surface area contributed by atoms with Gasteiger partial charge >= 0.3 is 0 Å². The molecule has 1 N–H and O–H groups in total. The van der Waals surface area contributed by atoms with Gasteiger partial charge in [-0.15, -0.1) is 12.4 Å². The second-order valence-corrected chi connectivity index (χ2v) is 7.70. The van der Waals surface area contributed by atoms with Crippen LogP contribution < -0.4 is 5.32 Å². The molecular weight excluding hydrogens is 381 g/mol. The van der Waals surface area contributed by atoms with Gasteiger partial charge in [0.25, 0.3) is 5.91 Å². The van der Waals surface area contributed by atoms with Crippen molar-refractivity contribution in [3.8, 4) is 0 Å². The topological polar surface area (TPSA) is 52.7 Å². The summed E-state index contributed by atoms with van der Waals surface area (Å²) < 4.78 is 0. The molecule has 2 heterocycles. The number of carbonyl (C=O) groups is 2. The summed E-state index contributed by atoms with van der Waals surface area (Å²) in [5.74, 6) is 2.29. The lowest BCUT2D eigenvalue weighted by Crippen LogP contribution is -2.52. The minimum absolute atomic E-state index is 0. The highest BCUT2D eigenvalue weighted by molar-refractivity contribution is 7.99. The van der Waals surface area contributed by atoms with Gasteiger partial charge in [-0.25, -0.2) is 0 Å². The number of nitrogens with one attached hydrogen (secondary N) is 1. The van der Waals surface area contributed by atoms with Crippen molar-refractivity contribution >= 4 is 47.6 Å². The van der Waals surface area contributed by atoms with E-state index in [-0.39, 0.29) is 30.3 Å². The third-order valence-electron chi connectivity index (χ3n) is 4.41. The maximum Gasteiger partial charge on any atom is 0.254 e. The van der Waals surface area contributed by atoms with E-state index in [9.17, 15) is 9.59 Å². The molecule has 25 heavy (non-hydrogen) atoms. The Balaban J connectivity index is 0.00000225. The van der Waals surface area contributed by atoms with Crippen LogP contribution in [0.25, 0.3) is 0 Å². The largest absolute Gasteiger partial charge is 0.339 e. The van der Waals surface area contributed by atoms with Gasteiger partial charge in [-0.2, -0.15) is 11.8 Å². The van der Waals surface area contributed by atoms with Crippen LogP contribution in [0.5, 0.6) is 0 Å². The zero-order valence-electron chi connectivity index (χ0n) is 13.9. The number of benzene rings is 1. The van der Waals surface area contributed by atoms with E-state index in [1.165, 1.54) is 0 Å². The average molecular weight is 404 g/mol. The molecule has 138 valence electrons. The average Bonchev–Trinajstić information content (AvgIpc) is 2.62. The Bertz CT molecular complexity index is 603. The van der Waals surface area contributed by atoms with Crippen molar-refractivity contribution in [2.24, 2.45) is 0 Å². The van der Waals surface area contributed by atoms with Gasteiger partial charge in [0.2, 0.25) is 5.91 Å². The van der Waals surface area contributed by atoms with Gasteiger partial charge in [0, 0.05) is 67.3 Å². The van der Waals surface area contributed by atoms with E-state index in [2.05, 4.69) is 5.32 Å². The highest BCUT2D eigenvalue weighted by Gasteiger charge is 2.26. The summed E-state index contributed by atoms with van der Waals surface area (Å²) in [7, 11) is 0. The van der Waals surface area contributed by atoms with Crippen molar-refractivity contribution in [2.75, 3.05) is 44.2 Å². The van der Waals surface area contributed by atoms with E-state index >= 15 is 0 Å². The van der Waals surface area contributed by atoms with Crippen LogP contribution in [0.3, 0.4) is 0 Å². The van der Waals surface area contributed by atoms with Gasteiger partial charge in [-0.1, -0.05) is 17.7 Å². The SMILES string of the molecule is Cl.O=C(CC1CSCCN1)N1CCN(C(=O)c2cccc(Cl)c2)CC1. The van der Waals surface area contributed by atoms with Crippen molar-refractivity contribution in [1.82, 2.24) is 15.1 Å². The van der Waals surface area contributed by atoms with Crippen LogP contribution in [-0.4, -0.2) is 71.9 Å². The predicted molar refractivity (Wildman–Crippen MR) is 105 cm³/mol. The highest BCUT2D eigenvalue weighted by Crippen LogP contribution is 2.16. The normalized spacial score (nSPS) is 20.8. The molecular formula is C17H23Cl2N3O2S. The molecule has 2 saturated heterocycles. The molecule has 1 aromatic rings. The molecule has 0 aliphatic carbocycles. The second-order valence-electron chi connectivity index (χ2n) is 6.11. The fraction of sp³-hybridized carbons (Fsp3) is 0.529. The van der Waals surface area contributed by atoms with Crippen molar-refractivity contribution in [3.05, 3.63) is 34.9 Å². The number of nitrogens with zero attached hydrogens (tertiary/aromatic N) is 2. The molecule has 2 aliphatic heterocycles. The van der Waals surface area contributed by atoms with Crippen LogP contribution in [0.4, 0.5) is 0 Å². The number of piperazine rings is 1. The Morgan fingerprint density at radius 2 is 1.92 bits per heavy atom. The Morgan fingerprint density at radius 3 is 2.56 bits per heavy atom. The number of thioether (sulfide) groups is 1. The van der Waals surface area contributed by atoms with Crippen LogP contribution >= 0.6 is 35.8 Å². The monoisotopic (exact) mass is 403 g/mol. The molecule has 2 aliphatic rings. The summed E-state index contributed by atoms with van der Waals surface area (Å²) in [4.78, 5) is 28.6. The quantitative estimate of drug-likeness (QED) is 0.839. The summed E-state index contributed by atoms with van der Waals surface area (Å²) in [5.41, 5.74) is 0.603. The van der Waals surface area contributed by atoms with E-state index in [1.54, 1.807) is 29.2 Å².